The first kappa shape index (κ1) is 15.3. The lowest BCUT2D eigenvalue weighted by molar-refractivity contribution is 1.01. The Bertz CT molecular complexity index is 1240. The Balaban J connectivity index is 1.97. The van der Waals surface area contributed by atoms with Crippen molar-refractivity contribution in [3.63, 3.8) is 0 Å². The third kappa shape index (κ3) is 2.16. The molecule has 0 fully saturated rings. The molecule has 25 heavy (non-hydrogen) atoms. The zero-order chi connectivity index (χ0) is 17.0. The van der Waals surface area contributed by atoms with E-state index in [4.69, 9.17) is 0 Å². The molecular formula is C22H19NS2. The number of nitrogens with zero attached hydrogens (tertiary/aromatic N) is 1. The van der Waals surface area contributed by atoms with Gasteiger partial charge >= 0.3 is 0 Å². The number of rotatable bonds is 3. The van der Waals surface area contributed by atoms with Gasteiger partial charge in [0, 0.05) is 53.9 Å². The van der Waals surface area contributed by atoms with Gasteiger partial charge in [-0.2, -0.15) is 0 Å². The van der Waals surface area contributed by atoms with E-state index in [-0.39, 0.29) is 0 Å². The van der Waals surface area contributed by atoms with Gasteiger partial charge < -0.3 is 4.57 Å². The number of aryl methyl sites for hydroxylation is 1. The summed E-state index contributed by atoms with van der Waals surface area (Å²) in [5.41, 5.74) is 2.63. The molecule has 0 spiro atoms. The molecule has 1 nitrogen and oxygen atoms in total. The third-order valence-electron chi connectivity index (χ3n) is 4.96. The van der Waals surface area contributed by atoms with Crippen LogP contribution in [0, 0.1) is 0 Å². The van der Waals surface area contributed by atoms with Crippen molar-refractivity contribution in [1.29, 1.82) is 0 Å². The number of para-hydroxylation sites is 1. The molecule has 0 radical (unpaired) electrons. The number of hydrogen-bond donors (Lipinski definition) is 0. The molecule has 0 bridgehead atoms. The first-order chi connectivity index (χ1) is 12.3. The quantitative estimate of drug-likeness (QED) is 0.308. The zero-order valence-electron chi connectivity index (χ0n) is 14.4. The van der Waals surface area contributed by atoms with Crippen LogP contribution in [-0.4, -0.2) is 10.3 Å². The fourth-order valence-corrected chi connectivity index (χ4v) is 6.10. The van der Waals surface area contributed by atoms with Gasteiger partial charge in [0.25, 0.3) is 0 Å². The average molecular weight is 362 g/mol. The van der Waals surface area contributed by atoms with E-state index in [0.717, 1.165) is 0 Å². The summed E-state index contributed by atoms with van der Waals surface area (Å²) < 4.78 is 5.16. The fraction of sp³-hybridized carbons (Fsp3) is 0.182. The highest BCUT2D eigenvalue weighted by molar-refractivity contribution is 7.99. The van der Waals surface area contributed by atoms with Crippen molar-refractivity contribution in [2.45, 2.75) is 18.2 Å². The van der Waals surface area contributed by atoms with Crippen molar-refractivity contribution < 1.29 is 0 Å². The lowest BCUT2D eigenvalue weighted by Crippen LogP contribution is -1.85. The molecule has 0 aliphatic rings. The second kappa shape index (κ2) is 5.79. The Morgan fingerprint density at radius 3 is 2.60 bits per heavy atom. The topological polar surface area (TPSA) is 4.93 Å². The lowest BCUT2D eigenvalue weighted by atomic mass is 10.1. The summed E-state index contributed by atoms with van der Waals surface area (Å²) in [4.78, 5) is 1.42. The summed E-state index contributed by atoms with van der Waals surface area (Å²) in [6.07, 6.45) is 1.21. The Hall–Kier alpha value is -1.97. The van der Waals surface area contributed by atoms with Crippen molar-refractivity contribution in [1.82, 2.24) is 4.57 Å². The highest BCUT2D eigenvalue weighted by Crippen LogP contribution is 2.44. The van der Waals surface area contributed by atoms with E-state index in [1.165, 1.54) is 59.0 Å². The van der Waals surface area contributed by atoms with Gasteiger partial charge in [-0.15, -0.1) is 23.1 Å². The highest BCUT2D eigenvalue weighted by Gasteiger charge is 2.16. The van der Waals surface area contributed by atoms with Crippen LogP contribution >= 0.6 is 23.1 Å². The Morgan fingerprint density at radius 2 is 1.72 bits per heavy atom. The van der Waals surface area contributed by atoms with Crippen molar-refractivity contribution in [3.8, 4) is 0 Å². The molecule has 0 amide bonds. The minimum atomic E-state index is 1.18. The van der Waals surface area contributed by atoms with Crippen LogP contribution in [0.15, 0.2) is 59.5 Å². The maximum absolute atomic E-state index is 2.32. The summed E-state index contributed by atoms with van der Waals surface area (Å²) in [7, 11) is 2.17. The molecule has 0 saturated carbocycles. The summed E-state index contributed by atoms with van der Waals surface area (Å²) in [6, 6.07) is 20.1. The van der Waals surface area contributed by atoms with Crippen LogP contribution in [0.1, 0.15) is 13.3 Å². The molecule has 0 aliphatic heterocycles. The van der Waals surface area contributed by atoms with Gasteiger partial charge in [-0.25, -0.2) is 0 Å². The van der Waals surface area contributed by atoms with Gasteiger partial charge in [0.2, 0.25) is 0 Å². The lowest BCUT2D eigenvalue weighted by Gasteiger charge is -2.02. The van der Waals surface area contributed by atoms with Gasteiger partial charge in [-0.05, 0) is 36.4 Å². The normalized spacial score (nSPS) is 12.1. The molecule has 3 heteroatoms. The summed E-state index contributed by atoms with van der Waals surface area (Å²) >= 11 is 3.93. The zero-order valence-corrected chi connectivity index (χ0v) is 16.0. The molecule has 3 aromatic carbocycles. The van der Waals surface area contributed by atoms with Gasteiger partial charge in [-0.1, -0.05) is 37.3 Å². The number of hydrogen-bond acceptors (Lipinski definition) is 2. The largest absolute Gasteiger partial charge is 0.344 e. The summed E-state index contributed by atoms with van der Waals surface area (Å²) in [6.45, 7) is 2.25. The predicted octanol–water partition coefficient (Wildman–Crippen LogP) is 7.20. The first-order valence-electron chi connectivity index (χ1n) is 8.73. The minimum absolute atomic E-state index is 1.18. The predicted molar refractivity (Wildman–Crippen MR) is 114 cm³/mol. The standard InChI is InChI=1S/C22H19NS2/c1-3-13-24-19-10-6-8-15-21-18(25-22(15)19)12-11-17-20(21)14-7-4-5-9-16(14)23(17)2/h4-12H,3,13H2,1-2H3. The maximum Gasteiger partial charge on any atom is 0.0496 e. The molecule has 2 aromatic heterocycles. The summed E-state index contributed by atoms with van der Waals surface area (Å²) in [5.74, 6) is 1.18. The Kier molecular flexibility index (Phi) is 3.54. The number of thioether (sulfide) groups is 1. The van der Waals surface area contributed by atoms with Crippen LogP contribution in [0.4, 0.5) is 0 Å². The number of thiophene rings is 1. The third-order valence-corrected chi connectivity index (χ3v) is 7.56. The minimum Gasteiger partial charge on any atom is -0.344 e. The van der Waals surface area contributed by atoms with E-state index in [9.17, 15) is 0 Å². The second-order valence-corrected chi connectivity index (χ2v) is 8.68. The maximum atomic E-state index is 2.32. The molecule has 5 aromatic rings. The van der Waals surface area contributed by atoms with Gasteiger partial charge in [0.05, 0.1) is 0 Å². The van der Waals surface area contributed by atoms with Crippen molar-refractivity contribution in [2.75, 3.05) is 5.75 Å². The monoisotopic (exact) mass is 361 g/mol. The molecule has 0 saturated heterocycles. The van der Waals surface area contributed by atoms with Gasteiger partial charge in [-0.3, -0.25) is 0 Å². The second-order valence-electron chi connectivity index (χ2n) is 6.49. The number of aromatic nitrogens is 1. The summed E-state index contributed by atoms with van der Waals surface area (Å²) in [5, 5.41) is 5.59. The molecule has 0 atom stereocenters. The van der Waals surface area contributed by atoms with Crippen LogP contribution in [0.3, 0.4) is 0 Å². The van der Waals surface area contributed by atoms with Crippen LogP contribution in [0.2, 0.25) is 0 Å². The number of benzene rings is 3. The van der Waals surface area contributed by atoms with Crippen LogP contribution in [0.5, 0.6) is 0 Å². The Labute approximate surface area is 155 Å². The van der Waals surface area contributed by atoms with Gasteiger partial charge in [0.15, 0.2) is 0 Å². The van der Waals surface area contributed by atoms with E-state index in [0.29, 0.717) is 0 Å². The SMILES string of the molecule is CCCSc1cccc2c1sc1ccc3c(c4ccccc4n3C)c12. The molecule has 5 rings (SSSR count). The first-order valence-corrected chi connectivity index (χ1v) is 10.5. The van der Waals surface area contributed by atoms with Crippen LogP contribution in [-0.2, 0) is 7.05 Å². The van der Waals surface area contributed by atoms with E-state index in [2.05, 4.69) is 73.1 Å². The smallest absolute Gasteiger partial charge is 0.0496 e. The molecule has 0 aliphatic carbocycles. The van der Waals surface area contributed by atoms with Gasteiger partial charge in [0.1, 0.15) is 0 Å². The van der Waals surface area contributed by atoms with E-state index in [1.807, 2.05) is 23.1 Å². The fourth-order valence-electron chi connectivity index (χ4n) is 3.84. The van der Waals surface area contributed by atoms with Crippen molar-refractivity contribution in [3.05, 3.63) is 54.6 Å². The van der Waals surface area contributed by atoms with Crippen molar-refractivity contribution in [2.24, 2.45) is 7.05 Å². The van der Waals surface area contributed by atoms with E-state index < -0.39 is 0 Å². The van der Waals surface area contributed by atoms with Crippen LogP contribution < -0.4 is 0 Å². The molecule has 124 valence electrons. The van der Waals surface area contributed by atoms with Crippen LogP contribution in [0.25, 0.3) is 42.0 Å². The van der Waals surface area contributed by atoms with Crippen molar-refractivity contribution >= 4 is 65.1 Å². The highest BCUT2D eigenvalue weighted by atomic mass is 32.2. The number of fused-ring (bicyclic) bond motifs is 7. The Morgan fingerprint density at radius 1 is 0.880 bits per heavy atom. The molecule has 0 unspecified atom stereocenters. The van der Waals surface area contributed by atoms with E-state index >= 15 is 0 Å². The average Bonchev–Trinajstić information content (AvgIpc) is 3.16. The van der Waals surface area contributed by atoms with E-state index in [1.54, 1.807) is 0 Å². The molecule has 0 N–H and O–H groups in total. The molecular weight excluding hydrogens is 342 g/mol. The molecule has 2 heterocycles.